The molecule has 0 bridgehead atoms. The molecule has 0 radical (unpaired) electrons. The lowest BCUT2D eigenvalue weighted by Gasteiger charge is -2.29. The second kappa shape index (κ2) is 9.85. The van der Waals surface area contributed by atoms with Crippen molar-refractivity contribution in [2.45, 2.75) is 24.2 Å². The summed E-state index contributed by atoms with van der Waals surface area (Å²) in [7, 11) is -3.35. The number of hydrogen-bond donors (Lipinski definition) is 0. The summed E-state index contributed by atoms with van der Waals surface area (Å²) in [5.74, 6) is -0.214. The van der Waals surface area contributed by atoms with Crippen molar-refractivity contribution in [2.24, 2.45) is 0 Å². The quantitative estimate of drug-likeness (QED) is 0.332. The largest absolute Gasteiger partial charge is 0.457 e. The van der Waals surface area contributed by atoms with Crippen molar-refractivity contribution >= 4 is 50.8 Å². The highest BCUT2D eigenvalue weighted by molar-refractivity contribution is 7.99. The van der Waals surface area contributed by atoms with Gasteiger partial charge in [-0.15, -0.1) is 11.8 Å². The number of Topliss-reactive ketones (excluding diaryl/α,β-unsaturated/α-hetero) is 1. The third-order valence-electron chi connectivity index (χ3n) is 4.63. The number of rotatable bonds is 8. The molecule has 1 heterocycles. The maximum absolute atomic E-state index is 12.4. The number of aryl methyl sites for hydroxylation is 1. The molecule has 2 aromatic rings. The van der Waals surface area contributed by atoms with Gasteiger partial charge in [0.15, 0.2) is 12.4 Å². The van der Waals surface area contributed by atoms with Gasteiger partial charge in [-0.2, -0.15) is 0 Å². The molecule has 0 aliphatic carbocycles. The Morgan fingerprint density at radius 2 is 1.90 bits per heavy atom. The van der Waals surface area contributed by atoms with E-state index in [-0.39, 0.29) is 18.8 Å². The van der Waals surface area contributed by atoms with Gasteiger partial charge in [0, 0.05) is 27.8 Å². The fourth-order valence-corrected chi connectivity index (χ4v) is 5.12. The zero-order valence-electron chi connectivity index (χ0n) is 16.5. The van der Waals surface area contributed by atoms with E-state index < -0.39 is 16.0 Å². The predicted molar refractivity (Wildman–Crippen MR) is 119 cm³/mol. The molecule has 0 atom stereocenters. The summed E-state index contributed by atoms with van der Waals surface area (Å²) < 4.78 is 30.3. The lowest BCUT2D eigenvalue weighted by Crippen LogP contribution is -2.34. The average molecular weight is 468 g/mol. The van der Waals surface area contributed by atoms with Crippen LogP contribution < -0.4 is 4.31 Å². The summed E-state index contributed by atoms with van der Waals surface area (Å²) in [5, 5.41) is 0.656. The Morgan fingerprint density at radius 3 is 2.60 bits per heavy atom. The van der Waals surface area contributed by atoms with Crippen LogP contribution in [0.3, 0.4) is 0 Å². The number of carbonyl (C=O) groups excluding carboxylic acids is 2. The lowest BCUT2D eigenvalue weighted by molar-refractivity contribution is -0.141. The Kier molecular flexibility index (Phi) is 7.44. The molecule has 0 fully saturated rings. The number of halogens is 1. The molecule has 0 aromatic heterocycles. The van der Waals surface area contributed by atoms with Crippen molar-refractivity contribution in [3.8, 4) is 0 Å². The van der Waals surface area contributed by atoms with E-state index in [1.165, 1.54) is 22.3 Å². The van der Waals surface area contributed by atoms with Crippen LogP contribution in [0.15, 0.2) is 47.4 Å². The minimum atomic E-state index is -3.35. The Hall–Kier alpha value is -2.03. The summed E-state index contributed by atoms with van der Waals surface area (Å²) in [6, 6.07) is 12.2. The predicted octanol–water partition coefficient (Wildman–Crippen LogP) is 3.96. The zero-order chi connectivity index (χ0) is 21.7. The number of ether oxygens (including phenoxy) is 1. The first-order valence-corrected chi connectivity index (χ1v) is 12.6. The minimum absolute atomic E-state index is 0.189. The molecule has 0 spiro atoms. The van der Waals surface area contributed by atoms with Crippen molar-refractivity contribution in [1.29, 1.82) is 0 Å². The van der Waals surface area contributed by atoms with Crippen LogP contribution in [0.5, 0.6) is 0 Å². The molecule has 1 aliphatic heterocycles. The van der Waals surface area contributed by atoms with Crippen LogP contribution in [0.2, 0.25) is 5.02 Å². The molecule has 0 amide bonds. The molecule has 0 saturated carbocycles. The zero-order valence-corrected chi connectivity index (χ0v) is 18.9. The number of ketones is 1. The second-order valence-electron chi connectivity index (χ2n) is 6.92. The minimum Gasteiger partial charge on any atom is -0.457 e. The number of carbonyl (C=O) groups is 2. The van der Waals surface area contributed by atoms with Gasteiger partial charge in [-0.3, -0.25) is 13.9 Å². The van der Waals surface area contributed by atoms with E-state index in [0.29, 0.717) is 41.4 Å². The van der Waals surface area contributed by atoms with Crippen LogP contribution in [-0.4, -0.2) is 45.3 Å². The maximum atomic E-state index is 12.4. The lowest BCUT2D eigenvalue weighted by atomic mass is 9.99. The Balaban J connectivity index is 1.51. The smallest absolute Gasteiger partial charge is 0.307 e. The van der Waals surface area contributed by atoms with E-state index >= 15 is 0 Å². The summed E-state index contributed by atoms with van der Waals surface area (Å²) in [6.07, 6.45) is 2.75. The van der Waals surface area contributed by atoms with Gasteiger partial charge in [0.1, 0.15) is 0 Å². The summed E-state index contributed by atoms with van der Waals surface area (Å²) in [4.78, 5) is 25.3. The van der Waals surface area contributed by atoms with Gasteiger partial charge in [-0.25, -0.2) is 8.42 Å². The van der Waals surface area contributed by atoms with E-state index in [9.17, 15) is 18.0 Å². The van der Waals surface area contributed by atoms with Crippen LogP contribution in [0.1, 0.15) is 28.8 Å². The van der Waals surface area contributed by atoms with E-state index in [1.54, 1.807) is 30.3 Å². The molecule has 160 valence electrons. The summed E-state index contributed by atoms with van der Waals surface area (Å²) in [6.45, 7) is 0.101. The molecular weight excluding hydrogens is 446 g/mol. The number of nitrogens with zero attached hydrogens (tertiary/aromatic N) is 1. The molecule has 0 saturated heterocycles. The molecule has 0 unspecified atom stereocenters. The Bertz CT molecular complexity index is 1040. The van der Waals surface area contributed by atoms with Gasteiger partial charge < -0.3 is 4.74 Å². The molecule has 9 heteroatoms. The highest BCUT2D eigenvalue weighted by atomic mass is 35.5. The van der Waals surface area contributed by atoms with Crippen molar-refractivity contribution in [3.63, 3.8) is 0 Å². The normalized spacial score (nSPS) is 13.6. The van der Waals surface area contributed by atoms with Crippen LogP contribution in [0.4, 0.5) is 5.69 Å². The molecule has 30 heavy (non-hydrogen) atoms. The topological polar surface area (TPSA) is 80.8 Å². The first kappa shape index (κ1) is 22.7. The molecule has 6 nitrogen and oxygen atoms in total. The van der Waals surface area contributed by atoms with Crippen LogP contribution in [0.25, 0.3) is 0 Å². The van der Waals surface area contributed by atoms with Gasteiger partial charge in [0.05, 0.1) is 18.4 Å². The molecule has 0 N–H and O–H groups in total. The van der Waals surface area contributed by atoms with Crippen molar-refractivity contribution < 1.29 is 22.7 Å². The number of sulfonamides is 1. The Labute approximate surface area is 185 Å². The third kappa shape index (κ3) is 6.00. The fraction of sp³-hybridized carbons (Fsp3) is 0.333. The van der Waals surface area contributed by atoms with Crippen LogP contribution >= 0.6 is 23.4 Å². The van der Waals surface area contributed by atoms with Crippen LogP contribution in [-0.2, 0) is 26.0 Å². The van der Waals surface area contributed by atoms with E-state index in [4.69, 9.17) is 16.3 Å². The maximum Gasteiger partial charge on any atom is 0.307 e. The number of esters is 1. The standard InChI is InChI=1S/C21H22ClNO5S2/c1-30(26,27)23-11-2-3-15-13-16(4-9-19(15)23)20(24)14-28-21(25)10-12-29-18-7-5-17(22)6-8-18/h4-9,13H,2-3,10-12,14H2,1H3. The first-order chi connectivity index (χ1) is 14.2. The molecule has 1 aliphatic rings. The SMILES string of the molecule is CS(=O)(=O)N1CCCc2cc(C(=O)COC(=O)CCSc3ccc(Cl)cc3)ccc21. The number of thioether (sulfide) groups is 1. The molecular formula is C21H22ClNO5S2. The van der Waals surface area contributed by atoms with E-state index in [1.807, 2.05) is 12.1 Å². The molecule has 3 rings (SSSR count). The Morgan fingerprint density at radius 1 is 1.17 bits per heavy atom. The van der Waals surface area contributed by atoms with Gasteiger partial charge >= 0.3 is 5.97 Å². The highest BCUT2D eigenvalue weighted by Crippen LogP contribution is 2.30. The van der Waals surface area contributed by atoms with Gasteiger partial charge in [0.2, 0.25) is 10.0 Å². The number of hydrogen-bond acceptors (Lipinski definition) is 6. The van der Waals surface area contributed by atoms with E-state index in [2.05, 4.69) is 0 Å². The monoisotopic (exact) mass is 467 g/mol. The van der Waals surface area contributed by atoms with Crippen molar-refractivity contribution in [2.75, 3.05) is 29.5 Å². The number of fused-ring (bicyclic) bond motifs is 1. The number of anilines is 1. The molecule has 2 aromatic carbocycles. The van der Waals surface area contributed by atoms with Gasteiger partial charge in [-0.1, -0.05) is 11.6 Å². The number of benzene rings is 2. The fourth-order valence-electron chi connectivity index (χ4n) is 3.17. The van der Waals surface area contributed by atoms with E-state index in [0.717, 1.165) is 10.5 Å². The van der Waals surface area contributed by atoms with Crippen LogP contribution in [0, 0.1) is 0 Å². The summed E-state index contributed by atoms with van der Waals surface area (Å²) in [5.41, 5.74) is 1.83. The van der Waals surface area contributed by atoms with Gasteiger partial charge in [-0.05, 0) is 60.9 Å². The summed E-state index contributed by atoms with van der Waals surface area (Å²) >= 11 is 7.35. The van der Waals surface area contributed by atoms with Gasteiger partial charge in [0.25, 0.3) is 0 Å². The average Bonchev–Trinajstić information content (AvgIpc) is 2.72. The van der Waals surface area contributed by atoms with Crippen molar-refractivity contribution in [3.05, 3.63) is 58.6 Å². The third-order valence-corrected chi connectivity index (χ3v) is 7.08. The van der Waals surface area contributed by atoms with Crippen molar-refractivity contribution in [1.82, 2.24) is 0 Å². The highest BCUT2D eigenvalue weighted by Gasteiger charge is 2.24. The first-order valence-electron chi connectivity index (χ1n) is 9.42. The second-order valence-corrected chi connectivity index (χ2v) is 10.4.